The lowest BCUT2D eigenvalue weighted by atomic mass is 10.1. The molecule has 1 heterocycles. The largest absolute Gasteiger partial charge is 0.505 e. The standard InChI is InChI=1S/C12H15N2O6P/c1-3-4-5-19-14-7-11-10(8-20-21(16,17)18)6-13-9(2)12(11)15/h6-7,15H,5,8H2,1-2H3,(H2,16,17,18)/b14-7+. The number of phosphoric acid groups is 1. The van der Waals surface area contributed by atoms with Crippen molar-refractivity contribution >= 4 is 14.0 Å². The number of rotatable bonds is 6. The first kappa shape index (κ1) is 17.1. The molecule has 0 saturated carbocycles. The summed E-state index contributed by atoms with van der Waals surface area (Å²) in [6, 6.07) is 0. The Hall–Kier alpha value is -1.91. The van der Waals surface area contributed by atoms with Crippen LogP contribution in [-0.4, -0.2) is 32.7 Å². The van der Waals surface area contributed by atoms with E-state index in [1.54, 1.807) is 13.8 Å². The fourth-order valence-electron chi connectivity index (χ4n) is 1.30. The van der Waals surface area contributed by atoms with Crippen LogP contribution in [0.2, 0.25) is 0 Å². The van der Waals surface area contributed by atoms with Crippen LogP contribution in [-0.2, 0) is 20.5 Å². The highest BCUT2D eigenvalue weighted by Crippen LogP contribution is 2.37. The molecule has 0 saturated heterocycles. The summed E-state index contributed by atoms with van der Waals surface area (Å²) in [5.41, 5.74) is 0.806. The lowest BCUT2D eigenvalue weighted by molar-refractivity contribution is 0.181. The number of oxime groups is 1. The summed E-state index contributed by atoms with van der Waals surface area (Å²) in [5.74, 6) is 5.08. The molecule has 9 heteroatoms. The minimum Gasteiger partial charge on any atom is -0.505 e. The van der Waals surface area contributed by atoms with Gasteiger partial charge in [0.05, 0.1) is 18.5 Å². The molecule has 114 valence electrons. The smallest absolute Gasteiger partial charge is 0.469 e. The fraction of sp³-hybridized carbons (Fsp3) is 0.333. The molecule has 1 aromatic rings. The van der Waals surface area contributed by atoms with Crippen LogP contribution in [0.4, 0.5) is 0 Å². The highest BCUT2D eigenvalue weighted by Gasteiger charge is 2.17. The maximum atomic E-state index is 10.7. The van der Waals surface area contributed by atoms with Gasteiger partial charge in [-0.3, -0.25) is 9.51 Å². The van der Waals surface area contributed by atoms with E-state index in [4.69, 9.17) is 14.6 Å². The molecule has 0 aliphatic carbocycles. The topological polar surface area (TPSA) is 121 Å². The van der Waals surface area contributed by atoms with Gasteiger partial charge >= 0.3 is 7.82 Å². The first-order valence-electron chi connectivity index (χ1n) is 5.77. The number of pyridine rings is 1. The molecule has 1 rings (SSSR count). The van der Waals surface area contributed by atoms with Gasteiger partial charge in [0.25, 0.3) is 0 Å². The molecule has 0 aliphatic rings. The highest BCUT2D eigenvalue weighted by molar-refractivity contribution is 7.46. The van der Waals surface area contributed by atoms with Crippen LogP contribution in [0.1, 0.15) is 23.7 Å². The second-order valence-corrected chi connectivity index (χ2v) is 5.07. The SMILES string of the molecule is CC#CCO/N=C/c1c(COP(=O)(O)O)cnc(C)c1O. The van der Waals surface area contributed by atoms with Crippen LogP contribution in [0.3, 0.4) is 0 Å². The molecular formula is C12H15N2O6P. The average molecular weight is 314 g/mol. The maximum Gasteiger partial charge on any atom is 0.469 e. The summed E-state index contributed by atoms with van der Waals surface area (Å²) in [6.45, 7) is 2.89. The molecule has 0 fully saturated rings. The number of aromatic hydroxyl groups is 1. The molecule has 3 N–H and O–H groups in total. The third-order valence-electron chi connectivity index (χ3n) is 2.32. The molecule has 0 unspecified atom stereocenters. The van der Waals surface area contributed by atoms with E-state index in [0.29, 0.717) is 5.69 Å². The molecule has 0 bridgehead atoms. The van der Waals surface area contributed by atoms with Gasteiger partial charge in [-0.15, -0.1) is 5.92 Å². The zero-order valence-electron chi connectivity index (χ0n) is 11.5. The normalized spacial score (nSPS) is 11.2. The highest BCUT2D eigenvalue weighted by atomic mass is 31.2. The number of aromatic nitrogens is 1. The van der Waals surface area contributed by atoms with Gasteiger partial charge < -0.3 is 19.7 Å². The Morgan fingerprint density at radius 1 is 1.52 bits per heavy atom. The Kier molecular flexibility index (Phi) is 6.34. The first-order chi connectivity index (χ1) is 9.85. The Morgan fingerprint density at radius 2 is 2.24 bits per heavy atom. The second kappa shape index (κ2) is 7.76. The van der Waals surface area contributed by atoms with Crippen molar-refractivity contribution in [1.82, 2.24) is 4.98 Å². The monoisotopic (exact) mass is 314 g/mol. The van der Waals surface area contributed by atoms with E-state index in [0.717, 1.165) is 0 Å². The zero-order valence-corrected chi connectivity index (χ0v) is 12.4. The number of hydrogen-bond donors (Lipinski definition) is 3. The van der Waals surface area contributed by atoms with E-state index in [-0.39, 0.29) is 23.5 Å². The number of aryl methyl sites for hydroxylation is 1. The van der Waals surface area contributed by atoms with Crippen LogP contribution < -0.4 is 0 Å². The van der Waals surface area contributed by atoms with Crippen LogP contribution in [0, 0.1) is 18.8 Å². The molecule has 0 aliphatic heterocycles. The quantitative estimate of drug-likeness (QED) is 0.236. The molecule has 1 aromatic heterocycles. The lowest BCUT2D eigenvalue weighted by Crippen LogP contribution is -2.01. The third kappa shape index (κ3) is 5.94. The van der Waals surface area contributed by atoms with Gasteiger partial charge in [-0.25, -0.2) is 4.57 Å². The zero-order chi connectivity index (χ0) is 15.9. The molecule has 8 nitrogen and oxygen atoms in total. The van der Waals surface area contributed by atoms with Crippen molar-refractivity contribution < 1.29 is 28.8 Å². The molecular weight excluding hydrogens is 299 g/mol. The van der Waals surface area contributed by atoms with E-state index in [1.165, 1.54) is 12.4 Å². The van der Waals surface area contributed by atoms with E-state index in [9.17, 15) is 9.67 Å². The number of nitrogens with zero attached hydrogens (tertiary/aromatic N) is 2. The van der Waals surface area contributed by atoms with Crippen molar-refractivity contribution in [2.24, 2.45) is 5.16 Å². The van der Waals surface area contributed by atoms with Gasteiger partial charge in [0, 0.05) is 17.3 Å². The summed E-state index contributed by atoms with van der Waals surface area (Å²) in [6.07, 6.45) is 2.54. The predicted octanol–water partition coefficient (Wildman–Crippen LogP) is 1.08. The first-order valence-corrected chi connectivity index (χ1v) is 7.30. The van der Waals surface area contributed by atoms with Gasteiger partial charge in [0.15, 0.2) is 6.61 Å². The van der Waals surface area contributed by atoms with Crippen molar-refractivity contribution in [3.63, 3.8) is 0 Å². The van der Waals surface area contributed by atoms with E-state index >= 15 is 0 Å². The van der Waals surface area contributed by atoms with Gasteiger partial charge in [-0.05, 0) is 13.8 Å². The summed E-state index contributed by atoms with van der Waals surface area (Å²) < 4.78 is 15.1. The molecule has 0 atom stereocenters. The van der Waals surface area contributed by atoms with Crippen LogP contribution >= 0.6 is 7.82 Å². The van der Waals surface area contributed by atoms with Crippen molar-refractivity contribution in [2.75, 3.05) is 6.61 Å². The molecule has 0 amide bonds. The Balaban J connectivity index is 2.94. The Bertz CT molecular complexity index is 629. The Labute approximate surface area is 121 Å². The van der Waals surface area contributed by atoms with Gasteiger partial charge in [-0.1, -0.05) is 11.1 Å². The molecule has 0 aromatic carbocycles. The van der Waals surface area contributed by atoms with Crippen molar-refractivity contribution in [3.05, 3.63) is 23.0 Å². The van der Waals surface area contributed by atoms with Crippen molar-refractivity contribution in [2.45, 2.75) is 20.5 Å². The summed E-state index contributed by atoms with van der Waals surface area (Å²) in [4.78, 5) is 26.1. The fourth-order valence-corrected chi connectivity index (χ4v) is 1.60. The van der Waals surface area contributed by atoms with Crippen molar-refractivity contribution in [1.29, 1.82) is 0 Å². The van der Waals surface area contributed by atoms with Crippen molar-refractivity contribution in [3.8, 4) is 17.6 Å². The average Bonchev–Trinajstić information content (AvgIpc) is 2.41. The third-order valence-corrected chi connectivity index (χ3v) is 2.78. The van der Waals surface area contributed by atoms with Crippen LogP contribution in [0.5, 0.6) is 5.75 Å². The molecule has 21 heavy (non-hydrogen) atoms. The van der Waals surface area contributed by atoms with Crippen LogP contribution in [0.15, 0.2) is 11.4 Å². The summed E-state index contributed by atoms with van der Waals surface area (Å²) in [5, 5.41) is 13.5. The summed E-state index contributed by atoms with van der Waals surface area (Å²) >= 11 is 0. The van der Waals surface area contributed by atoms with Gasteiger partial charge in [0.1, 0.15) is 5.75 Å². The number of hydrogen-bond acceptors (Lipinski definition) is 6. The van der Waals surface area contributed by atoms with E-state index < -0.39 is 14.4 Å². The van der Waals surface area contributed by atoms with Crippen LogP contribution in [0.25, 0.3) is 0 Å². The van der Waals surface area contributed by atoms with Gasteiger partial charge in [-0.2, -0.15) is 0 Å². The molecule has 0 radical (unpaired) electrons. The Morgan fingerprint density at radius 3 is 2.86 bits per heavy atom. The van der Waals surface area contributed by atoms with E-state index in [2.05, 4.69) is 26.5 Å². The van der Waals surface area contributed by atoms with E-state index in [1.807, 2.05) is 0 Å². The maximum absolute atomic E-state index is 10.7. The minimum atomic E-state index is -4.62. The van der Waals surface area contributed by atoms with Gasteiger partial charge in [0.2, 0.25) is 0 Å². The lowest BCUT2D eigenvalue weighted by Gasteiger charge is -2.10. The predicted molar refractivity (Wildman–Crippen MR) is 74.5 cm³/mol. The number of phosphoric ester groups is 1. The summed E-state index contributed by atoms with van der Waals surface area (Å²) in [7, 11) is -4.62. The second-order valence-electron chi connectivity index (χ2n) is 3.83. The molecule has 0 spiro atoms. The minimum absolute atomic E-state index is 0.0894.